The highest BCUT2D eigenvalue weighted by atomic mass is 16.5. The average Bonchev–Trinajstić information content (AvgIpc) is 2.80. The van der Waals surface area contributed by atoms with E-state index in [0.717, 1.165) is 19.3 Å². The lowest BCUT2D eigenvalue weighted by Gasteiger charge is -2.69. The Labute approximate surface area is 211 Å². The molecule has 0 aromatic rings. The van der Waals surface area contributed by atoms with Crippen molar-refractivity contribution in [2.24, 2.45) is 56.7 Å². The summed E-state index contributed by atoms with van der Waals surface area (Å²) in [4.78, 5) is 40.4. The van der Waals surface area contributed by atoms with E-state index in [2.05, 4.69) is 47.6 Å². The third-order valence-electron chi connectivity index (χ3n) is 12.7. The number of rotatable bonds is 1. The fraction of sp³-hybridized carbons (Fsp3) is 0.774. The lowest BCUT2D eigenvalue weighted by Crippen LogP contribution is -2.66. The monoisotopic (exact) mass is 480 g/mol. The second-order valence-electron chi connectivity index (χ2n) is 14.0. The maximum absolute atomic E-state index is 14.3. The smallest absolute Gasteiger partial charge is 0.319 e. The lowest BCUT2D eigenvalue weighted by molar-refractivity contribution is -0.183. The molecule has 0 amide bonds. The number of hydrogen-bond donors (Lipinski definition) is 0. The molecule has 0 bridgehead atoms. The van der Waals surface area contributed by atoms with Crippen LogP contribution in [-0.2, 0) is 19.1 Å². The lowest BCUT2D eigenvalue weighted by atomic mass is 9.34. The first kappa shape index (κ1) is 25.0. The molecule has 3 saturated carbocycles. The molecule has 0 aromatic carbocycles. The third-order valence-corrected chi connectivity index (χ3v) is 12.7. The van der Waals surface area contributed by atoms with E-state index in [4.69, 9.17) is 4.74 Å². The van der Waals surface area contributed by atoms with Gasteiger partial charge in [-0.3, -0.25) is 14.4 Å². The highest BCUT2D eigenvalue weighted by Gasteiger charge is 2.71. The van der Waals surface area contributed by atoms with Crippen LogP contribution in [0.15, 0.2) is 23.8 Å². The summed E-state index contributed by atoms with van der Waals surface area (Å²) in [5.41, 5.74) is -0.429. The number of carbonyl (C=O) groups excluding carboxylic acids is 3. The standard InChI is InChI=1S/C31H44O4/c1-18-9-12-27(3)15-16-29(5)20(24(27)19(18)2)17-21(32)25-28(4)13-11-23(33)31(7,26(34)35-8)22(28)10-14-30(25,29)6/h11,13,17-19,22,24-25H,9-10,12,14-16H2,1-8H3/t18-,19+,22-,24+,25-,27-,28+,29-,30-,31-/m1/s1. The minimum Gasteiger partial charge on any atom is -0.468 e. The van der Waals surface area contributed by atoms with E-state index in [-0.39, 0.29) is 39.6 Å². The Morgan fingerprint density at radius 1 is 0.971 bits per heavy atom. The van der Waals surface area contributed by atoms with E-state index in [1.54, 1.807) is 13.0 Å². The van der Waals surface area contributed by atoms with Gasteiger partial charge in [0.1, 0.15) is 5.41 Å². The van der Waals surface area contributed by atoms with Gasteiger partial charge in [-0.1, -0.05) is 53.2 Å². The van der Waals surface area contributed by atoms with Crippen LogP contribution >= 0.6 is 0 Å². The summed E-state index contributed by atoms with van der Waals surface area (Å²) in [5.74, 6) is 0.705. The quantitative estimate of drug-likeness (QED) is 0.324. The summed E-state index contributed by atoms with van der Waals surface area (Å²) in [5, 5.41) is 0. The number of allylic oxidation sites excluding steroid dienone is 4. The van der Waals surface area contributed by atoms with E-state index in [9.17, 15) is 14.4 Å². The van der Waals surface area contributed by atoms with Gasteiger partial charge >= 0.3 is 5.97 Å². The zero-order valence-electron chi connectivity index (χ0n) is 23.0. The average molecular weight is 481 g/mol. The van der Waals surface area contributed by atoms with Gasteiger partial charge in [0.2, 0.25) is 0 Å². The number of esters is 1. The van der Waals surface area contributed by atoms with Crippen LogP contribution in [0, 0.1) is 56.7 Å². The van der Waals surface area contributed by atoms with E-state index < -0.39 is 16.8 Å². The molecule has 0 spiro atoms. The fourth-order valence-electron chi connectivity index (χ4n) is 10.2. The SMILES string of the molecule is COC(=O)[C@@]1(C)C(=O)C=C[C@]2(C)[C@H]3C(=O)C=C4[C@@H]5[C@@H](C)[C@H](C)CC[C@]5(C)CC[C@@]4(C)[C@]3(C)CC[C@@H]12. The van der Waals surface area contributed by atoms with Crippen LogP contribution < -0.4 is 0 Å². The zero-order chi connectivity index (χ0) is 25.8. The van der Waals surface area contributed by atoms with Gasteiger partial charge in [-0.25, -0.2) is 0 Å². The van der Waals surface area contributed by atoms with Crippen molar-refractivity contribution in [3.8, 4) is 0 Å². The first-order valence-corrected chi connectivity index (χ1v) is 13.8. The van der Waals surface area contributed by atoms with Gasteiger partial charge in [0.15, 0.2) is 11.6 Å². The van der Waals surface area contributed by atoms with Gasteiger partial charge in [-0.2, -0.15) is 0 Å². The van der Waals surface area contributed by atoms with Crippen LogP contribution in [0.5, 0.6) is 0 Å². The molecular formula is C31H44O4. The summed E-state index contributed by atoms with van der Waals surface area (Å²) in [6, 6.07) is 0. The Morgan fingerprint density at radius 2 is 1.66 bits per heavy atom. The third kappa shape index (κ3) is 2.83. The number of fused-ring (bicyclic) bond motifs is 7. The first-order valence-electron chi connectivity index (χ1n) is 13.8. The van der Waals surface area contributed by atoms with Gasteiger partial charge in [0.25, 0.3) is 0 Å². The number of ketones is 2. The molecule has 5 aliphatic rings. The van der Waals surface area contributed by atoms with Gasteiger partial charge in [0, 0.05) is 11.3 Å². The Morgan fingerprint density at radius 3 is 2.31 bits per heavy atom. The molecule has 192 valence electrons. The molecule has 0 unspecified atom stereocenters. The van der Waals surface area contributed by atoms with E-state index >= 15 is 0 Å². The molecule has 4 heteroatoms. The zero-order valence-corrected chi connectivity index (χ0v) is 23.0. The predicted molar refractivity (Wildman–Crippen MR) is 136 cm³/mol. The predicted octanol–water partition coefficient (Wildman–Crippen LogP) is 6.34. The molecule has 3 fully saturated rings. The molecule has 0 aliphatic heterocycles. The molecule has 4 nitrogen and oxygen atoms in total. The highest BCUT2D eigenvalue weighted by Crippen LogP contribution is 2.74. The van der Waals surface area contributed by atoms with Crippen molar-refractivity contribution in [2.45, 2.75) is 87.0 Å². The van der Waals surface area contributed by atoms with Crippen LogP contribution in [0.1, 0.15) is 87.0 Å². The van der Waals surface area contributed by atoms with E-state index in [0.29, 0.717) is 17.8 Å². The Balaban J connectivity index is 1.67. The van der Waals surface area contributed by atoms with Crippen molar-refractivity contribution >= 4 is 17.5 Å². The Kier molecular flexibility index (Phi) is 5.29. The largest absolute Gasteiger partial charge is 0.468 e. The molecule has 0 aromatic heterocycles. The topological polar surface area (TPSA) is 60.4 Å². The van der Waals surface area contributed by atoms with Gasteiger partial charge in [-0.05, 0) is 97.5 Å². The van der Waals surface area contributed by atoms with Crippen molar-refractivity contribution < 1.29 is 19.1 Å². The van der Waals surface area contributed by atoms with Crippen molar-refractivity contribution in [2.75, 3.05) is 7.11 Å². The number of carbonyl (C=O) groups is 3. The Bertz CT molecular complexity index is 1050. The summed E-state index contributed by atoms with van der Waals surface area (Å²) in [7, 11) is 1.36. The molecule has 35 heavy (non-hydrogen) atoms. The van der Waals surface area contributed by atoms with E-state index in [1.807, 2.05) is 6.08 Å². The summed E-state index contributed by atoms with van der Waals surface area (Å²) < 4.78 is 5.15. The molecule has 0 saturated heterocycles. The van der Waals surface area contributed by atoms with Gasteiger partial charge in [0.05, 0.1) is 7.11 Å². The minimum absolute atomic E-state index is 0.0635. The first-order chi connectivity index (χ1) is 16.2. The molecule has 0 N–H and O–H groups in total. The normalized spacial score (nSPS) is 53.0. The van der Waals surface area contributed by atoms with Gasteiger partial charge in [-0.15, -0.1) is 0 Å². The minimum atomic E-state index is -1.25. The van der Waals surface area contributed by atoms with Crippen molar-refractivity contribution in [1.82, 2.24) is 0 Å². The van der Waals surface area contributed by atoms with Crippen molar-refractivity contribution in [3.05, 3.63) is 23.8 Å². The maximum Gasteiger partial charge on any atom is 0.319 e. The van der Waals surface area contributed by atoms with Crippen LogP contribution in [-0.4, -0.2) is 24.6 Å². The maximum atomic E-state index is 14.3. The summed E-state index contributed by atoms with van der Waals surface area (Å²) >= 11 is 0. The highest BCUT2D eigenvalue weighted by molar-refractivity contribution is 6.10. The van der Waals surface area contributed by atoms with Crippen LogP contribution in [0.4, 0.5) is 0 Å². The fourth-order valence-corrected chi connectivity index (χ4v) is 10.2. The molecule has 5 rings (SSSR count). The molecule has 0 radical (unpaired) electrons. The van der Waals surface area contributed by atoms with Crippen LogP contribution in [0.25, 0.3) is 0 Å². The van der Waals surface area contributed by atoms with E-state index in [1.165, 1.54) is 31.9 Å². The molecule has 5 aliphatic carbocycles. The van der Waals surface area contributed by atoms with Crippen LogP contribution in [0.2, 0.25) is 0 Å². The number of ether oxygens (including phenoxy) is 1. The molecular weight excluding hydrogens is 436 g/mol. The molecule has 0 heterocycles. The van der Waals surface area contributed by atoms with Crippen molar-refractivity contribution in [1.29, 1.82) is 0 Å². The molecule has 10 atom stereocenters. The number of methoxy groups -OCH3 is 1. The number of hydrogen-bond acceptors (Lipinski definition) is 4. The van der Waals surface area contributed by atoms with Gasteiger partial charge < -0.3 is 4.74 Å². The van der Waals surface area contributed by atoms with Crippen LogP contribution in [0.3, 0.4) is 0 Å². The van der Waals surface area contributed by atoms with Crippen molar-refractivity contribution in [3.63, 3.8) is 0 Å². The summed E-state index contributed by atoms with van der Waals surface area (Å²) in [6.45, 7) is 15.9. The second kappa shape index (κ2) is 7.42. The Hall–Kier alpha value is -1.71. The second-order valence-corrected chi connectivity index (χ2v) is 14.0. The summed E-state index contributed by atoms with van der Waals surface area (Å²) in [6.07, 6.45) is 12.0.